The van der Waals surface area contributed by atoms with Crippen LogP contribution in [0.4, 0.5) is 18.9 Å². The highest BCUT2D eigenvalue weighted by Gasteiger charge is 2.33. The third kappa shape index (κ3) is 3.90. The molecule has 0 saturated carbocycles. The summed E-state index contributed by atoms with van der Waals surface area (Å²) in [6.07, 6.45) is -0.0273. The third-order valence-corrected chi connectivity index (χ3v) is 3.79. The molecule has 0 unspecified atom stereocenters. The zero-order valence-corrected chi connectivity index (χ0v) is 13.8. The zero-order chi connectivity index (χ0) is 18.7. The second-order valence-corrected chi connectivity index (χ2v) is 5.67. The summed E-state index contributed by atoms with van der Waals surface area (Å²) in [7, 11) is 1.63. The molecule has 0 aliphatic rings. The SMILES string of the molecule is CN(C(=O)c1cccc(Cn2ccc(C(F)(F)F)n2)c1)c1cccnc1. The summed E-state index contributed by atoms with van der Waals surface area (Å²) in [5.41, 5.74) is 0.801. The molecule has 1 amide bonds. The van der Waals surface area contributed by atoms with Crippen LogP contribution in [0, 0.1) is 0 Å². The smallest absolute Gasteiger partial charge is 0.310 e. The molecule has 3 rings (SSSR count). The van der Waals surface area contributed by atoms with Gasteiger partial charge in [0.25, 0.3) is 5.91 Å². The van der Waals surface area contributed by atoms with Crippen molar-refractivity contribution < 1.29 is 18.0 Å². The minimum atomic E-state index is -4.48. The van der Waals surface area contributed by atoms with Crippen LogP contribution in [0.3, 0.4) is 0 Å². The van der Waals surface area contributed by atoms with Gasteiger partial charge in [-0.15, -0.1) is 0 Å². The van der Waals surface area contributed by atoms with E-state index in [2.05, 4.69) is 10.1 Å². The van der Waals surface area contributed by atoms with E-state index in [1.165, 1.54) is 15.8 Å². The van der Waals surface area contributed by atoms with Crippen molar-refractivity contribution >= 4 is 11.6 Å². The quantitative estimate of drug-likeness (QED) is 0.714. The number of carbonyl (C=O) groups excluding carboxylic acids is 1. The van der Waals surface area contributed by atoms with Crippen molar-refractivity contribution in [3.05, 3.63) is 77.9 Å². The summed E-state index contributed by atoms with van der Waals surface area (Å²) in [6, 6.07) is 11.1. The van der Waals surface area contributed by atoms with Crippen LogP contribution in [0.15, 0.2) is 61.1 Å². The number of hydrogen-bond acceptors (Lipinski definition) is 3. The number of hydrogen-bond donors (Lipinski definition) is 0. The molecule has 2 heterocycles. The van der Waals surface area contributed by atoms with Gasteiger partial charge in [-0.3, -0.25) is 14.5 Å². The molecule has 0 saturated heterocycles. The Bertz CT molecular complexity index is 906. The van der Waals surface area contributed by atoms with E-state index in [4.69, 9.17) is 0 Å². The minimum absolute atomic E-state index is 0.133. The van der Waals surface area contributed by atoms with Gasteiger partial charge < -0.3 is 4.90 Å². The molecule has 134 valence electrons. The topological polar surface area (TPSA) is 51.0 Å². The Hall–Kier alpha value is -3.16. The number of benzene rings is 1. The van der Waals surface area contributed by atoms with Gasteiger partial charge in [0.15, 0.2) is 5.69 Å². The average Bonchev–Trinajstić information content (AvgIpc) is 3.10. The Morgan fingerprint density at radius 3 is 2.65 bits per heavy atom. The normalized spacial score (nSPS) is 11.4. The summed E-state index contributed by atoms with van der Waals surface area (Å²) in [5.74, 6) is -0.240. The molecule has 26 heavy (non-hydrogen) atoms. The van der Waals surface area contributed by atoms with Crippen LogP contribution < -0.4 is 4.90 Å². The highest BCUT2D eigenvalue weighted by Crippen LogP contribution is 2.27. The molecule has 8 heteroatoms. The molecule has 0 aliphatic carbocycles. The van der Waals surface area contributed by atoms with Crippen LogP contribution in [0.2, 0.25) is 0 Å². The third-order valence-electron chi connectivity index (χ3n) is 3.79. The Kier molecular flexibility index (Phi) is 4.75. The fraction of sp³-hybridized carbons (Fsp3) is 0.167. The summed E-state index contributed by atoms with van der Waals surface area (Å²) in [5, 5.41) is 3.52. The molecule has 3 aromatic rings. The maximum absolute atomic E-state index is 12.6. The first-order valence-electron chi connectivity index (χ1n) is 7.72. The Morgan fingerprint density at radius 2 is 2.00 bits per heavy atom. The summed E-state index contributed by atoms with van der Waals surface area (Å²) in [4.78, 5) is 18.1. The summed E-state index contributed by atoms with van der Waals surface area (Å²) < 4.78 is 39.1. The van der Waals surface area contributed by atoms with Crippen molar-refractivity contribution in [1.82, 2.24) is 14.8 Å². The zero-order valence-electron chi connectivity index (χ0n) is 13.8. The lowest BCUT2D eigenvalue weighted by atomic mass is 10.1. The number of aromatic nitrogens is 3. The number of rotatable bonds is 4. The van der Waals surface area contributed by atoms with Gasteiger partial charge in [0.1, 0.15) is 0 Å². The van der Waals surface area contributed by atoms with Gasteiger partial charge in [0.05, 0.1) is 18.4 Å². The number of nitrogens with zero attached hydrogens (tertiary/aromatic N) is 4. The van der Waals surface area contributed by atoms with Crippen LogP contribution in [0.25, 0.3) is 0 Å². The van der Waals surface area contributed by atoms with Crippen LogP contribution in [0.5, 0.6) is 0 Å². The maximum Gasteiger partial charge on any atom is 0.435 e. The number of halogens is 3. The molecule has 0 bridgehead atoms. The maximum atomic E-state index is 12.6. The van der Waals surface area contributed by atoms with Gasteiger partial charge in [0.2, 0.25) is 0 Å². The minimum Gasteiger partial charge on any atom is -0.310 e. The number of anilines is 1. The highest BCUT2D eigenvalue weighted by atomic mass is 19.4. The standard InChI is InChI=1S/C18H15F3N4O/c1-24(15-6-3-8-22-11-15)17(26)14-5-2-4-13(10-14)12-25-9-7-16(23-25)18(19,20)21/h2-11H,12H2,1H3. The first kappa shape index (κ1) is 17.7. The molecule has 0 radical (unpaired) electrons. The molecule has 0 spiro atoms. The van der Waals surface area contributed by atoms with Gasteiger partial charge in [-0.2, -0.15) is 18.3 Å². The molecule has 0 atom stereocenters. The first-order valence-corrected chi connectivity index (χ1v) is 7.72. The van der Waals surface area contributed by atoms with Crippen LogP contribution in [0.1, 0.15) is 21.6 Å². The fourth-order valence-corrected chi connectivity index (χ4v) is 2.45. The number of pyridine rings is 1. The number of amides is 1. The molecule has 5 nitrogen and oxygen atoms in total. The second kappa shape index (κ2) is 6.99. The fourth-order valence-electron chi connectivity index (χ4n) is 2.45. The van der Waals surface area contributed by atoms with E-state index < -0.39 is 11.9 Å². The van der Waals surface area contributed by atoms with Gasteiger partial charge in [0, 0.05) is 25.0 Å². The van der Waals surface area contributed by atoms with Gasteiger partial charge in [-0.25, -0.2) is 0 Å². The lowest BCUT2D eigenvalue weighted by molar-refractivity contribution is -0.141. The lowest BCUT2D eigenvalue weighted by Gasteiger charge is -2.17. The van der Waals surface area contributed by atoms with Gasteiger partial charge >= 0.3 is 6.18 Å². The van der Waals surface area contributed by atoms with E-state index in [1.54, 1.807) is 55.8 Å². The van der Waals surface area contributed by atoms with E-state index in [9.17, 15) is 18.0 Å². The van der Waals surface area contributed by atoms with E-state index in [1.807, 2.05) is 0 Å². The molecular formula is C18H15F3N4O. The van der Waals surface area contributed by atoms with Crippen molar-refractivity contribution in [2.75, 3.05) is 11.9 Å². The molecule has 0 fully saturated rings. The number of carbonyl (C=O) groups is 1. The van der Waals surface area contributed by atoms with Crippen molar-refractivity contribution in [3.8, 4) is 0 Å². The van der Waals surface area contributed by atoms with Crippen LogP contribution >= 0.6 is 0 Å². The largest absolute Gasteiger partial charge is 0.435 e. The van der Waals surface area contributed by atoms with E-state index in [0.29, 0.717) is 16.8 Å². The van der Waals surface area contributed by atoms with Crippen molar-refractivity contribution in [1.29, 1.82) is 0 Å². The molecule has 2 aromatic heterocycles. The van der Waals surface area contributed by atoms with Gasteiger partial charge in [-0.1, -0.05) is 12.1 Å². The molecule has 0 aliphatic heterocycles. The van der Waals surface area contributed by atoms with E-state index in [0.717, 1.165) is 6.07 Å². The number of alkyl halides is 3. The monoisotopic (exact) mass is 360 g/mol. The average molecular weight is 360 g/mol. The molecule has 0 N–H and O–H groups in total. The highest BCUT2D eigenvalue weighted by molar-refractivity contribution is 6.05. The van der Waals surface area contributed by atoms with Crippen LogP contribution in [-0.4, -0.2) is 27.7 Å². The Balaban J connectivity index is 1.78. The summed E-state index contributed by atoms with van der Waals surface area (Å²) in [6.45, 7) is 0.133. The molecule has 1 aromatic carbocycles. The summed E-state index contributed by atoms with van der Waals surface area (Å²) >= 11 is 0. The lowest BCUT2D eigenvalue weighted by Crippen LogP contribution is -2.26. The Morgan fingerprint density at radius 1 is 1.19 bits per heavy atom. The van der Waals surface area contributed by atoms with Crippen molar-refractivity contribution in [2.24, 2.45) is 0 Å². The Labute approximate surface area is 147 Å². The van der Waals surface area contributed by atoms with Crippen molar-refractivity contribution in [2.45, 2.75) is 12.7 Å². The van der Waals surface area contributed by atoms with Crippen LogP contribution in [-0.2, 0) is 12.7 Å². The molecular weight excluding hydrogens is 345 g/mol. The van der Waals surface area contributed by atoms with Crippen molar-refractivity contribution in [3.63, 3.8) is 0 Å². The van der Waals surface area contributed by atoms with E-state index in [-0.39, 0.29) is 12.5 Å². The van der Waals surface area contributed by atoms with E-state index >= 15 is 0 Å². The first-order chi connectivity index (χ1) is 12.3. The second-order valence-electron chi connectivity index (χ2n) is 5.67. The predicted molar refractivity (Wildman–Crippen MR) is 89.7 cm³/mol. The predicted octanol–water partition coefficient (Wildman–Crippen LogP) is 3.62. The van der Waals surface area contributed by atoms with Gasteiger partial charge in [-0.05, 0) is 35.9 Å².